The molecule has 0 bridgehead atoms. The lowest BCUT2D eigenvalue weighted by Gasteiger charge is -2.30. The van der Waals surface area contributed by atoms with Crippen molar-refractivity contribution < 1.29 is 28.6 Å². The van der Waals surface area contributed by atoms with E-state index in [0.717, 1.165) is 12.5 Å². The monoisotopic (exact) mass is 547 g/mol. The molecule has 0 amide bonds. The van der Waals surface area contributed by atoms with Gasteiger partial charge in [-0.25, -0.2) is 17.6 Å². The van der Waals surface area contributed by atoms with Crippen molar-refractivity contribution >= 4 is 6.15 Å². The van der Waals surface area contributed by atoms with E-state index in [1.54, 1.807) is 12.1 Å². The Morgan fingerprint density at radius 2 is 1.67 bits per heavy atom. The summed E-state index contributed by atoms with van der Waals surface area (Å²) < 4.78 is 54.2. The summed E-state index contributed by atoms with van der Waals surface area (Å²) in [6.45, 7) is 7.57. The Kier molecular flexibility index (Phi) is 10.7. The van der Waals surface area contributed by atoms with Crippen LogP contribution < -0.4 is 5.32 Å². The maximum atomic E-state index is 15.7. The van der Waals surface area contributed by atoms with Crippen molar-refractivity contribution in [2.45, 2.75) is 77.4 Å². The molecule has 1 N–H and O–H groups in total. The Labute approximate surface area is 230 Å². The molecule has 2 aromatic carbocycles. The fourth-order valence-corrected chi connectivity index (χ4v) is 6.79. The lowest BCUT2D eigenvalue weighted by atomic mass is 9.78. The minimum atomic E-state index is -0.695. The summed E-state index contributed by atoms with van der Waals surface area (Å²) in [5.74, 6) is -0.481. The first-order valence-corrected chi connectivity index (χ1v) is 13.8. The van der Waals surface area contributed by atoms with E-state index in [1.807, 2.05) is 13.1 Å². The number of benzene rings is 2. The first-order valence-electron chi connectivity index (χ1n) is 13.8. The third-order valence-corrected chi connectivity index (χ3v) is 8.50. The number of nitrogens with one attached hydrogen (secondary N) is 1. The Morgan fingerprint density at radius 1 is 1.10 bits per heavy atom. The highest BCUT2D eigenvalue weighted by Crippen LogP contribution is 2.64. The molecule has 214 valence electrons. The molecule has 0 radical (unpaired) electrons. The molecule has 3 aliphatic rings. The minimum absolute atomic E-state index is 0. The third kappa shape index (κ3) is 7.46. The summed E-state index contributed by atoms with van der Waals surface area (Å²) in [5, 5.41) is 3.58. The van der Waals surface area contributed by atoms with Crippen LogP contribution in [-0.4, -0.2) is 25.4 Å². The van der Waals surface area contributed by atoms with Gasteiger partial charge in [-0.1, -0.05) is 43.2 Å². The molecule has 2 aromatic rings. The summed E-state index contributed by atoms with van der Waals surface area (Å²) in [4.78, 5) is 16.2. The lowest BCUT2D eigenvalue weighted by Crippen LogP contribution is -2.38. The molecule has 1 unspecified atom stereocenters. The second-order valence-electron chi connectivity index (χ2n) is 11.4. The molecule has 39 heavy (non-hydrogen) atoms. The fourth-order valence-electron chi connectivity index (χ4n) is 6.79. The van der Waals surface area contributed by atoms with Crippen LogP contribution in [0.25, 0.3) is 11.1 Å². The van der Waals surface area contributed by atoms with Gasteiger partial charge < -0.3 is 5.32 Å². The molecule has 0 heterocycles. The second-order valence-corrected chi connectivity index (χ2v) is 11.4. The van der Waals surface area contributed by atoms with Crippen molar-refractivity contribution in [2.75, 3.05) is 7.05 Å². The maximum absolute atomic E-state index is 15.7. The summed E-state index contributed by atoms with van der Waals surface area (Å²) >= 11 is 0. The summed E-state index contributed by atoms with van der Waals surface area (Å²) in [7, 11) is 2.03. The van der Waals surface area contributed by atoms with E-state index in [2.05, 4.69) is 11.9 Å². The van der Waals surface area contributed by atoms with E-state index in [9.17, 15) is 13.2 Å². The number of halogens is 4. The molecule has 3 saturated carbocycles. The zero-order valence-electron chi connectivity index (χ0n) is 23.0. The molecule has 0 aromatic heterocycles. The van der Waals surface area contributed by atoms with Crippen molar-refractivity contribution in [2.24, 2.45) is 23.2 Å². The molecule has 0 aliphatic heterocycles. The molecular formula is C32H41F4NO2. The van der Waals surface area contributed by atoms with Gasteiger partial charge in [0.1, 0.15) is 17.5 Å². The quantitative estimate of drug-likeness (QED) is 0.294. The molecule has 3 nitrogen and oxygen atoms in total. The minimum Gasteiger partial charge on any atom is -0.316 e. The van der Waals surface area contributed by atoms with Gasteiger partial charge in [0.25, 0.3) is 0 Å². The Morgan fingerprint density at radius 3 is 2.18 bits per heavy atom. The van der Waals surface area contributed by atoms with Crippen LogP contribution in [0.15, 0.2) is 48.6 Å². The highest BCUT2D eigenvalue weighted by atomic mass is 19.1. The summed E-state index contributed by atoms with van der Waals surface area (Å²) in [6.07, 6.45) is 8.83. The van der Waals surface area contributed by atoms with E-state index in [1.165, 1.54) is 70.1 Å². The molecule has 3 aliphatic carbocycles. The van der Waals surface area contributed by atoms with E-state index in [4.69, 9.17) is 9.59 Å². The standard InChI is InChI=1S/C28H32F3N.C3H7F.CO2.H2/c1-17(18-6-3-4-7-18)25-16-28(10-11-28)27(32-2)24(25)14-19-8-5-9-23(26(19)31)20-12-21(29)15-22(30)13-20;1-3(2)4;2-1-3;/h5,8-9,12-13,15,18,24-25,27,32H,1,3-4,6-7,10-11,14,16H2,2H3;3H,1-2H3;;1H/t24-,25?,27-;;;/m1.../s1. The third-order valence-electron chi connectivity index (χ3n) is 8.50. The SMILES string of the molecule is C=C(C1CCCC1)C1CC2(CC2)[C@H](NC)[C@@H]1Cc1cccc(-c2cc(F)cc(F)c2)c1F.CC(C)F.O=C=O.[HH]. The highest BCUT2D eigenvalue weighted by Gasteiger charge is 2.59. The number of allylic oxidation sites excluding steroid dienone is 1. The van der Waals surface area contributed by atoms with E-state index >= 15 is 4.39 Å². The average Bonchev–Trinajstić information content (AvgIpc) is 3.30. The Hall–Kier alpha value is -2.76. The van der Waals surface area contributed by atoms with Gasteiger partial charge >= 0.3 is 6.15 Å². The van der Waals surface area contributed by atoms with Gasteiger partial charge in [-0.15, -0.1) is 0 Å². The van der Waals surface area contributed by atoms with Crippen molar-refractivity contribution in [1.82, 2.24) is 5.32 Å². The summed E-state index contributed by atoms with van der Waals surface area (Å²) in [6, 6.07) is 8.79. The number of alkyl halides is 1. The predicted molar refractivity (Wildman–Crippen MR) is 146 cm³/mol. The smallest absolute Gasteiger partial charge is 0.316 e. The molecular weight excluding hydrogens is 506 g/mol. The predicted octanol–water partition coefficient (Wildman–Crippen LogP) is 8.09. The molecule has 3 atom stereocenters. The van der Waals surface area contributed by atoms with Crippen LogP contribution in [-0.2, 0) is 16.0 Å². The molecule has 7 heteroatoms. The number of rotatable bonds is 6. The topological polar surface area (TPSA) is 46.2 Å². The largest absolute Gasteiger partial charge is 0.373 e. The fraction of sp³-hybridized carbons (Fsp3) is 0.531. The van der Waals surface area contributed by atoms with E-state index in [-0.39, 0.29) is 30.4 Å². The van der Waals surface area contributed by atoms with Gasteiger partial charge in [0.05, 0.1) is 6.17 Å². The van der Waals surface area contributed by atoms with Crippen LogP contribution in [0.1, 0.15) is 65.8 Å². The summed E-state index contributed by atoms with van der Waals surface area (Å²) in [5.41, 5.74) is 2.82. The normalized spacial score (nSPS) is 23.0. The van der Waals surface area contributed by atoms with E-state index in [0.29, 0.717) is 35.3 Å². The number of hydrogen-bond donors (Lipinski definition) is 1. The zero-order chi connectivity index (χ0) is 28.7. The first-order chi connectivity index (χ1) is 18.6. The second kappa shape index (κ2) is 13.5. The Balaban J connectivity index is 0.000000634. The number of carbonyl (C=O) groups excluding carboxylic acids is 2. The van der Waals surface area contributed by atoms with Crippen molar-refractivity contribution in [3.63, 3.8) is 0 Å². The van der Waals surface area contributed by atoms with Gasteiger partial charge in [-0.2, -0.15) is 9.59 Å². The maximum Gasteiger partial charge on any atom is 0.373 e. The molecule has 5 rings (SSSR count). The van der Waals surface area contributed by atoms with Gasteiger partial charge in [0, 0.05) is 19.1 Å². The van der Waals surface area contributed by atoms with Crippen molar-refractivity contribution in [1.29, 1.82) is 0 Å². The van der Waals surface area contributed by atoms with Crippen LogP contribution in [0.4, 0.5) is 17.6 Å². The van der Waals surface area contributed by atoms with Gasteiger partial charge in [0.15, 0.2) is 0 Å². The zero-order valence-corrected chi connectivity index (χ0v) is 23.0. The van der Waals surface area contributed by atoms with Gasteiger partial charge in [-0.3, -0.25) is 0 Å². The van der Waals surface area contributed by atoms with Crippen LogP contribution >= 0.6 is 0 Å². The van der Waals surface area contributed by atoms with Crippen LogP contribution in [0.5, 0.6) is 0 Å². The molecule has 3 fully saturated rings. The number of hydrogen-bond acceptors (Lipinski definition) is 3. The van der Waals surface area contributed by atoms with Crippen molar-refractivity contribution in [3.8, 4) is 11.1 Å². The van der Waals surface area contributed by atoms with E-state index < -0.39 is 17.8 Å². The molecule has 1 spiro atoms. The Bertz CT molecular complexity index is 1150. The van der Waals surface area contributed by atoms with Gasteiger partial charge in [0.2, 0.25) is 0 Å². The lowest BCUT2D eigenvalue weighted by molar-refractivity contribution is -0.191. The van der Waals surface area contributed by atoms with Crippen LogP contribution in [0.3, 0.4) is 0 Å². The average molecular weight is 548 g/mol. The van der Waals surface area contributed by atoms with Crippen molar-refractivity contribution in [3.05, 3.63) is 71.6 Å². The first kappa shape index (κ1) is 30.8. The van der Waals surface area contributed by atoms with Gasteiger partial charge in [-0.05, 0) is 106 Å². The van der Waals surface area contributed by atoms with Crippen LogP contribution in [0, 0.1) is 40.6 Å². The van der Waals surface area contributed by atoms with Crippen LogP contribution in [0.2, 0.25) is 0 Å². The highest BCUT2D eigenvalue weighted by molar-refractivity contribution is 5.65. The molecule has 0 saturated heterocycles.